The van der Waals surface area contributed by atoms with Gasteiger partial charge in [-0.3, -0.25) is 4.90 Å². The second-order valence-electron chi connectivity index (χ2n) is 5.76. The van der Waals surface area contributed by atoms with Gasteiger partial charge in [-0.15, -0.1) is 0 Å². The number of anilines is 1. The molecule has 1 N–H and O–H groups in total. The lowest BCUT2D eigenvalue weighted by Crippen LogP contribution is -2.50. The van der Waals surface area contributed by atoms with Crippen LogP contribution in [-0.4, -0.2) is 42.5 Å². The smallest absolute Gasteiger partial charge is 0.321 e. The molecular weight excluding hydrogens is 293 g/mol. The van der Waals surface area contributed by atoms with E-state index < -0.39 is 0 Å². The van der Waals surface area contributed by atoms with E-state index in [1.54, 1.807) is 17.0 Å². The fourth-order valence-corrected chi connectivity index (χ4v) is 2.86. The summed E-state index contributed by atoms with van der Waals surface area (Å²) in [6.07, 6.45) is 0. The van der Waals surface area contributed by atoms with Crippen molar-refractivity contribution >= 4 is 11.7 Å². The molecule has 1 atom stereocenters. The van der Waals surface area contributed by atoms with Crippen molar-refractivity contribution in [3.63, 3.8) is 0 Å². The molecule has 1 heterocycles. The zero-order valence-electron chi connectivity index (χ0n) is 13.1. The minimum absolute atomic E-state index is 0.133. The molecule has 0 saturated carbocycles. The minimum Gasteiger partial charge on any atom is -0.321 e. The number of amides is 2. The molecule has 1 unspecified atom stereocenters. The van der Waals surface area contributed by atoms with E-state index in [2.05, 4.69) is 10.2 Å². The molecule has 1 fully saturated rings. The van der Waals surface area contributed by atoms with Crippen molar-refractivity contribution < 1.29 is 9.18 Å². The van der Waals surface area contributed by atoms with Crippen molar-refractivity contribution in [3.8, 4) is 0 Å². The van der Waals surface area contributed by atoms with E-state index in [-0.39, 0.29) is 17.9 Å². The van der Waals surface area contributed by atoms with Crippen LogP contribution >= 0.6 is 0 Å². The molecule has 1 aliphatic heterocycles. The van der Waals surface area contributed by atoms with Crippen LogP contribution in [-0.2, 0) is 0 Å². The summed E-state index contributed by atoms with van der Waals surface area (Å²) in [6, 6.07) is 15.8. The number of hydrogen-bond acceptors (Lipinski definition) is 2. The number of halogens is 1. The summed E-state index contributed by atoms with van der Waals surface area (Å²) >= 11 is 0. The maximum atomic E-state index is 14.1. The fourth-order valence-electron chi connectivity index (χ4n) is 2.86. The first-order chi connectivity index (χ1) is 11.1. The number of urea groups is 1. The molecule has 0 aliphatic carbocycles. The average Bonchev–Trinajstić information content (AvgIpc) is 2.57. The molecule has 0 radical (unpaired) electrons. The number of nitrogens with zero attached hydrogens (tertiary/aromatic N) is 2. The maximum absolute atomic E-state index is 14.1. The van der Waals surface area contributed by atoms with E-state index in [4.69, 9.17) is 0 Å². The summed E-state index contributed by atoms with van der Waals surface area (Å²) in [4.78, 5) is 16.3. The molecule has 0 aromatic heterocycles. The average molecular weight is 313 g/mol. The lowest BCUT2D eigenvalue weighted by Gasteiger charge is -2.39. The van der Waals surface area contributed by atoms with E-state index in [9.17, 15) is 9.18 Å². The highest BCUT2D eigenvalue weighted by Gasteiger charge is 2.29. The predicted molar refractivity (Wildman–Crippen MR) is 88.8 cm³/mol. The van der Waals surface area contributed by atoms with Gasteiger partial charge in [-0.25, -0.2) is 9.18 Å². The molecule has 3 rings (SSSR count). The standard InChI is InChI=1S/C18H20FN3O/c1-21-11-12-22(18(23)20-14-7-3-2-4-8-14)13-17(21)15-9-5-6-10-16(15)19/h2-10,17H,11-13H2,1H3,(H,20,23). The topological polar surface area (TPSA) is 35.6 Å². The van der Waals surface area contributed by atoms with Crippen molar-refractivity contribution in [1.82, 2.24) is 9.80 Å². The molecule has 1 aliphatic rings. The van der Waals surface area contributed by atoms with Gasteiger partial charge < -0.3 is 10.2 Å². The van der Waals surface area contributed by atoms with Gasteiger partial charge in [0.2, 0.25) is 0 Å². The largest absolute Gasteiger partial charge is 0.321 e. The fraction of sp³-hybridized carbons (Fsp3) is 0.278. The molecular formula is C18H20FN3O. The summed E-state index contributed by atoms with van der Waals surface area (Å²) in [6.45, 7) is 1.80. The van der Waals surface area contributed by atoms with Crippen molar-refractivity contribution in [2.24, 2.45) is 0 Å². The molecule has 0 spiro atoms. The van der Waals surface area contributed by atoms with Gasteiger partial charge >= 0.3 is 6.03 Å². The van der Waals surface area contributed by atoms with Crippen molar-refractivity contribution in [2.45, 2.75) is 6.04 Å². The van der Waals surface area contributed by atoms with Gasteiger partial charge in [0.15, 0.2) is 0 Å². The van der Waals surface area contributed by atoms with Gasteiger partial charge in [0.25, 0.3) is 0 Å². The van der Waals surface area contributed by atoms with Gasteiger partial charge in [-0.05, 0) is 25.2 Å². The Balaban J connectivity index is 1.73. The van der Waals surface area contributed by atoms with Gasteiger partial charge in [0, 0.05) is 30.9 Å². The van der Waals surface area contributed by atoms with Crippen LogP contribution in [0.2, 0.25) is 0 Å². The maximum Gasteiger partial charge on any atom is 0.321 e. The van der Waals surface area contributed by atoms with Gasteiger partial charge in [0.05, 0.1) is 6.04 Å². The number of carbonyl (C=O) groups excluding carboxylic acids is 1. The number of carbonyl (C=O) groups is 1. The number of para-hydroxylation sites is 1. The van der Waals surface area contributed by atoms with Crippen LogP contribution in [0.4, 0.5) is 14.9 Å². The quantitative estimate of drug-likeness (QED) is 0.923. The first-order valence-electron chi connectivity index (χ1n) is 7.71. The highest BCUT2D eigenvalue weighted by molar-refractivity contribution is 5.89. The second kappa shape index (κ2) is 6.79. The number of likely N-dealkylation sites (N-methyl/N-ethyl adjacent to an activating group) is 1. The lowest BCUT2D eigenvalue weighted by atomic mass is 10.0. The third-order valence-corrected chi connectivity index (χ3v) is 4.22. The summed E-state index contributed by atoms with van der Waals surface area (Å²) < 4.78 is 14.1. The number of hydrogen-bond donors (Lipinski definition) is 1. The third kappa shape index (κ3) is 3.51. The van der Waals surface area contributed by atoms with Gasteiger partial charge in [-0.2, -0.15) is 0 Å². The summed E-state index contributed by atoms with van der Waals surface area (Å²) in [5.41, 5.74) is 1.39. The van der Waals surface area contributed by atoms with Crippen LogP contribution in [0.15, 0.2) is 54.6 Å². The minimum atomic E-state index is -0.227. The van der Waals surface area contributed by atoms with E-state index in [0.29, 0.717) is 25.2 Å². The van der Waals surface area contributed by atoms with Crippen LogP contribution in [0, 0.1) is 5.82 Å². The van der Waals surface area contributed by atoms with Crippen molar-refractivity contribution in [2.75, 3.05) is 32.0 Å². The third-order valence-electron chi connectivity index (χ3n) is 4.22. The summed E-state index contributed by atoms with van der Waals surface area (Å²) in [7, 11) is 1.96. The number of nitrogens with one attached hydrogen (secondary N) is 1. The molecule has 0 bridgehead atoms. The normalized spacial score (nSPS) is 18.7. The van der Waals surface area contributed by atoms with Crippen LogP contribution in [0.3, 0.4) is 0 Å². The Morgan fingerprint density at radius 2 is 1.78 bits per heavy atom. The zero-order chi connectivity index (χ0) is 16.2. The van der Waals surface area contributed by atoms with E-state index >= 15 is 0 Å². The molecule has 2 aromatic rings. The summed E-state index contributed by atoms with van der Waals surface area (Å²) in [5, 5.41) is 2.89. The molecule has 4 nitrogen and oxygen atoms in total. The van der Waals surface area contributed by atoms with Crippen LogP contribution in [0.25, 0.3) is 0 Å². The zero-order valence-corrected chi connectivity index (χ0v) is 13.1. The van der Waals surface area contributed by atoms with Crippen molar-refractivity contribution in [1.29, 1.82) is 0 Å². The number of piperazine rings is 1. The van der Waals surface area contributed by atoms with E-state index in [1.165, 1.54) is 6.07 Å². The van der Waals surface area contributed by atoms with E-state index in [0.717, 1.165) is 5.69 Å². The Bertz CT molecular complexity index is 677. The first kappa shape index (κ1) is 15.5. The molecule has 120 valence electrons. The Labute approximate surface area is 135 Å². The van der Waals surface area contributed by atoms with Crippen LogP contribution in [0.1, 0.15) is 11.6 Å². The van der Waals surface area contributed by atoms with Crippen LogP contribution < -0.4 is 5.32 Å². The lowest BCUT2D eigenvalue weighted by molar-refractivity contribution is 0.114. The molecule has 1 saturated heterocycles. The van der Waals surface area contributed by atoms with Crippen molar-refractivity contribution in [3.05, 3.63) is 66.0 Å². The Morgan fingerprint density at radius 1 is 1.09 bits per heavy atom. The molecule has 2 aromatic carbocycles. The monoisotopic (exact) mass is 313 g/mol. The molecule has 2 amide bonds. The number of benzene rings is 2. The highest BCUT2D eigenvalue weighted by Crippen LogP contribution is 2.26. The first-order valence-corrected chi connectivity index (χ1v) is 7.71. The second-order valence-corrected chi connectivity index (χ2v) is 5.76. The highest BCUT2D eigenvalue weighted by atomic mass is 19.1. The molecule has 23 heavy (non-hydrogen) atoms. The Kier molecular flexibility index (Phi) is 4.57. The SMILES string of the molecule is CN1CCN(C(=O)Nc2ccccc2)CC1c1ccccc1F. The molecule has 5 heteroatoms. The number of rotatable bonds is 2. The van der Waals surface area contributed by atoms with Crippen LogP contribution in [0.5, 0.6) is 0 Å². The summed E-state index contributed by atoms with van der Waals surface area (Å²) in [5.74, 6) is -0.227. The van der Waals surface area contributed by atoms with E-state index in [1.807, 2.05) is 43.4 Å². The Morgan fingerprint density at radius 3 is 2.52 bits per heavy atom. The predicted octanol–water partition coefficient (Wildman–Crippen LogP) is 3.35. The van der Waals surface area contributed by atoms with Gasteiger partial charge in [-0.1, -0.05) is 36.4 Å². The Hall–Kier alpha value is -2.40. The van der Waals surface area contributed by atoms with Gasteiger partial charge in [0.1, 0.15) is 5.82 Å².